The average Bonchev–Trinajstić information content (AvgIpc) is 2.76. The number of benzene rings is 2. The fourth-order valence-electron chi connectivity index (χ4n) is 3.01. The Bertz CT molecular complexity index is 1400. The van der Waals surface area contributed by atoms with Gasteiger partial charge in [0.15, 0.2) is 0 Å². The Labute approximate surface area is 171 Å². The molecule has 152 valence electrons. The van der Waals surface area contributed by atoms with Crippen LogP contribution in [-0.4, -0.2) is 30.3 Å². The number of pyridine rings is 1. The fourth-order valence-corrected chi connectivity index (χ4v) is 4.34. The van der Waals surface area contributed by atoms with Crippen molar-refractivity contribution in [1.29, 1.82) is 0 Å². The fraction of sp³-hybridized carbons (Fsp3) is 0.0952. The van der Waals surface area contributed by atoms with E-state index in [0.29, 0.717) is 16.7 Å². The molecule has 0 atom stereocenters. The number of aromatic nitrogens is 3. The standard InChI is InChI=1S/C21H16FN3O4S/c1-29-20-8-5-14(11-23-20)13-25-21(26)19-7-6-18(9-15(19)12-24-25)30(27,28)17-4-2-3-16(22)10-17/h2-12H,13H2,1H3. The second-order valence-electron chi connectivity index (χ2n) is 6.53. The van der Waals surface area contributed by atoms with E-state index in [1.54, 1.807) is 18.3 Å². The maximum Gasteiger partial charge on any atom is 0.274 e. The highest BCUT2D eigenvalue weighted by atomic mass is 32.2. The molecule has 2 aromatic heterocycles. The number of hydrogen-bond donors (Lipinski definition) is 0. The predicted molar refractivity (Wildman–Crippen MR) is 108 cm³/mol. The van der Waals surface area contributed by atoms with Crippen molar-refractivity contribution in [2.24, 2.45) is 0 Å². The van der Waals surface area contributed by atoms with Crippen LogP contribution >= 0.6 is 0 Å². The number of hydrogen-bond acceptors (Lipinski definition) is 6. The van der Waals surface area contributed by atoms with E-state index in [2.05, 4.69) is 10.1 Å². The van der Waals surface area contributed by atoms with Crippen molar-refractivity contribution in [2.45, 2.75) is 16.3 Å². The molecule has 4 aromatic rings. The van der Waals surface area contributed by atoms with E-state index in [-0.39, 0.29) is 21.9 Å². The average molecular weight is 425 g/mol. The van der Waals surface area contributed by atoms with Gasteiger partial charge in [0.2, 0.25) is 15.7 Å². The molecule has 0 amide bonds. The normalized spacial score (nSPS) is 11.5. The lowest BCUT2D eigenvalue weighted by molar-refractivity contribution is 0.397. The summed E-state index contributed by atoms with van der Waals surface area (Å²) in [6, 6.07) is 12.4. The van der Waals surface area contributed by atoms with Gasteiger partial charge in [-0.3, -0.25) is 4.79 Å². The third-order valence-electron chi connectivity index (χ3n) is 4.58. The predicted octanol–water partition coefficient (Wildman–Crippen LogP) is 2.82. The van der Waals surface area contributed by atoms with Gasteiger partial charge >= 0.3 is 0 Å². The van der Waals surface area contributed by atoms with E-state index in [4.69, 9.17) is 4.74 Å². The van der Waals surface area contributed by atoms with Gasteiger partial charge in [-0.2, -0.15) is 5.10 Å². The van der Waals surface area contributed by atoms with Crippen molar-refractivity contribution in [3.05, 3.63) is 88.7 Å². The molecule has 0 radical (unpaired) electrons. The van der Waals surface area contributed by atoms with E-state index in [1.807, 2.05) is 0 Å². The molecule has 0 aliphatic carbocycles. The molecule has 30 heavy (non-hydrogen) atoms. The Hall–Kier alpha value is -3.59. The van der Waals surface area contributed by atoms with Gasteiger partial charge in [0, 0.05) is 17.6 Å². The second kappa shape index (κ2) is 7.68. The third-order valence-corrected chi connectivity index (χ3v) is 6.33. The Morgan fingerprint density at radius 1 is 1.03 bits per heavy atom. The number of halogens is 1. The number of fused-ring (bicyclic) bond motifs is 1. The van der Waals surface area contributed by atoms with E-state index in [9.17, 15) is 17.6 Å². The highest BCUT2D eigenvalue weighted by Crippen LogP contribution is 2.24. The molecular weight excluding hydrogens is 409 g/mol. The Kier molecular flexibility index (Phi) is 5.04. The maximum atomic E-state index is 13.5. The van der Waals surface area contributed by atoms with Gasteiger partial charge in [0.1, 0.15) is 5.82 Å². The van der Waals surface area contributed by atoms with Crippen LogP contribution in [0.3, 0.4) is 0 Å². The maximum absolute atomic E-state index is 13.5. The zero-order valence-corrected chi connectivity index (χ0v) is 16.6. The van der Waals surface area contributed by atoms with Crippen LogP contribution in [0.5, 0.6) is 5.88 Å². The molecule has 0 saturated carbocycles. The molecule has 4 rings (SSSR count). The topological polar surface area (TPSA) is 91.2 Å². The van der Waals surface area contributed by atoms with Crippen LogP contribution in [0.15, 0.2) is 81.6 Å². The molecule has 7 nitrogen and oxygen atoms in total. The SMILES string of the molecule is COc1ccc(Cn2ncc3cc(S(=O)(=O)c4cccc(F)c4)ccc3c2=O)cn1. The van der Waals surface area contributed by atoms with Crippen LogP contribution < -0.4 is 10.3 Å². The van der Waals surface area contributed by atoms with Gasteiger partial charge < -0.3 is 4.74 Å². The molecule has 0 saturated heterocycles. The molecule has 0 fully saturated rings. The van der Waals surface area contributed by atoms with Crippen LogP contribution in [-0.2, 0) is 16.4 Å². The van der Waals surface area contributed by atoms with Crippen LogP contribution in [0.25, 0.3) is 10.8 Å². The molecule has 0 N–H and O–H groups in total. The molecule has 0 spiro atoms. The Morgan fingerprint density at radius 3 is 2.53 bits per heavy atom. The van der Waals surface area contributed by atoms with Gasteiger partial charge in [0.25, 0.3) is 5.56 Å². The largest absolute Gasteiger partial charge is 0.481 e. The first kappa shape index (κ1) is 19.7. The summed E-state index contributed by atoms with van der Waals surface area (Å²) in [6.45, 7) is 0.203. The zero-order chi connectivity index (χ0) is 21.3. The van der Waals surface area contributed by atoms with Crippen molar-refractivity contribution >= 4 is 20.6 Å². The van der Waals surface area contributed by atoms with Crippen LogP contribution in [0, 0.1) is 5.82 Å². The van der Waals surface area contributed by atoms with E-state index in [1.165, 1.54) is 54.4 Å². The summed E-state index contributed by atoms with van der Waals surface area (Å²) >= 11 is 0. The second-order valence-corrected chi connectivity index (χ2v) is 8.48. The minimum atomic E-state index is -3.93. The van der Waals surface area contributed by atoms with Crippen molar-refractivity contribution in [3.63, 3.8) is 0 Å². The molecule has 0 bridgehead atoms. The van der Waals surface area contributed by atoms with Crippen molar-refractivity contribution in [3.8, 4) is 5.88 Å². The Morgan fingerprint density at radius 2 is 1.83 bits per heavy atom. The summed E-state index contributed by atoms with van der Waals surface area (Å²) in [7, 11) is -2.41. The summed E-state index contributed by atoms with van der Waals surface area (Å²) < 4.78 is 45.3. The van der Waals surface area contributed by atoms with E-state index >= 15 is 0 Å². The van der Waals surface area contributed by atoms with Gasteiger partial charge in [0.05, 0.1) is 35.0 Å². The lowest BCUT2D eigenvalue weighted by Gasteiger charge is -2.09. The summed E-state index contributed by atoms with van der Waals surface area (Å²) in [5, 5.41) is 4.84. The summed E-state index contributed by atoms with van der Waals surface area (Å²) in [5.74, 6) is -0.181. The number of nitrogens with zero attached hydrogens (tertiary/aromatic N) is 3. The van der Waals surface area contributed by atoms with Gasteiger partial charge in [-0.15, -0.1) is 0 Å². The van der Waals surface area contributed by atoms with Gasteiger partial charge in [-0.25, -0.2) is 22.5 Å². The van der Waals surface area contributed by atoms with Crippen molar-refractivity contribution in [2.75, 3.05) is 7.11 Å². The third kappa shape index (κ3) is 3.67. The zero-order valence-electron chi connectivity index (χ0n) is 15.8. The molecule has 0 unspecified atom stereocenters. The summed E-state index contributed by atoms with van der Waals surface area (Å²) in [6.07, 6.45) is 3.02. The highest BCUT2D eigenvalue weighted by Gasteiger charge is 2.19. The van der Waals surface area contributed by atoms with Crippen molar-refractivity contribution < 1.29 is 17.5 Å². The van der Waals surface area contributed by atoms with E-state index in [0.717, 1.165) is 11.6 Å². The summed E-state index contributed by atoms with van der Waals surface area (Å²) in [5.41, 5.74) is 0.396. The first-order valence-electron chi connectivity index (χ1n) is 8.88. The lowest BCUT2D eigenvalue weighted by Crippen LogP contribution is -2.23. The molecule has 2 aromatic carbocycles. The molecule has 9 heteroatoms. The molecule has 2 heterocycles. The quantitative estimate of drug-likeness (QED) is 0.488. The number of rotatable bonds is 5. The highest BCUT2D eigenvalue weighted by molar-refractivity contribution is 7.91. The number of methoxy groups -OCH3 is 1. The first-order chi connectivity index (χ1) is 14.4. The molecule has 0 aliphatic heterocycles. The van der Waals surface area contributed by atoms with Crippen molar-refractivity contribution in [1.82, 2.24) is 14.8 Å². The summed E-state index contributed by atoms with van der Waals surface area (Å²) in [4.78, 5) is 16.7. The minimum absolute atomic E-state index is 0.0427. The Balaban J connectivity index is 1.71. The molecule has 0 aliphatic rings. The van der Waals surface area contributed by atoms with Crippen LogP contribution in [0.2, 0.25) is 0 Å². The smallest absolute Gasteiger partial charge is 0.274 e. The van der Waals surface area contributed by atoms with Crippen LogP contribution in [0.4, 0.5) is 4.39 Å². The van der Waals surface area contributed by atoms with Gasteiger partial charge in [-0.05, 0) is 42.0 Å². The first-order valence-corrected chi connectivity index (χ1v) is 10.4. The minimum Gasteiger partial charge on any atom is -0.481 e. The van der Waals surface area contributed by atoms with Gasteiger partial charge in [-0.1, -0.05) is 12.1 Å². The number of ether oxygens (including phenoxy) is 1. The lowest BCUT2D eigenvalue weighted by atomic mass is 10.2. The molecular formula is C21H16FN3O4S. The van der Waals surface area contributed by atoms with Crippen LogP contribution in [0.1, 0.15) is 5.56 Å². The van der Waals surface area contributed by atoms with E-state index < -0.39 is 15.7 Å². The monoisotopic (exact) mass is 425 g/mol. The number of sulfone groups is 1.